The highest BCUT2D eigenvalue weighted by Crippen LogP contribution is 2.31. The second-order valence-corrected chi connectivity index (χ2v) is 7.60. The number of hydrogen-bond acceptors (Lipinski definition) is 2. The smallest absolute Gasteiger partial charge is 0.251 e. The molecule has 1 atom stereocenters. The van der Waals surface area contributed by atoms with Crippen molar-refractivity contribution in [1.82, 2.24) is 4.98 Å². The van der Waals surface area contributed by atoms with E-state index in [9.17, 15) is 9.00 Å². The van der Waals surface area contributed by atoms with Gasteiger partial charge in [0.05, 0.1) is 5.75 Å². The van der Waals surface area contributed by atoms with Crippen LogP contribution >= 0.6 is 0 Å². The standard InChI is InChI=1S/C20H23NO3S/c1-14-6-11-19(21-20(14)22)18(12-15-4-2-3-5-15)17-9-7-16(8-10-17)13-25(23)24/h6-12,15H,2-5,13H2,1H3,(H,21,22)(H,23,24)/b18-12+. The predicted molar refractivity (Wildman–Crippen MR) is 102 cm³/mol. The molecule has 5 heteroatoms. The van der Waals surface area contributed by atoms with E-state index in [0.717, 1.165) is 22.4 Å². The second-order valence-electron chi connectivity index (χ2n) is 6.67. The molecule has 1 saturated carbocycles. The molecule has 0 aliphatic heterocycles. The molecule has 2 N–H and O–H groups in total. The van der Waals surface area contributed by atoms with Crippen LogP contribution in [0.1, 0.15) is 48.1 Å². The first kappa shape index (κ1) is 17.8. The van der Waals surface area contributed by atoms with E-state index in [0.29, 0.717) is 11.5 Å². The Hall–Kier alpha value is -1.98. The molecule has 1 unspecified atom stereocenters. The molecule has 1 fully saturated rings. The first-order valence-corrected chi connectivity index (χ1v) is 9.89. The highest BCUT2D eigenvalue weighted by molar-refractivity contribution is 7.78. The number of benzene rings is 1. The Kier molecular flexibility index (Phi) is 5.66. The third-order valence-corrected chi connectivity index (χ3v) is 5.33. The molecular weight excluding hydrogens is 334 g/mol. The number of H-pyrrole nitrogens is 1. The van der Waals surface area contributed by atoms with Crippen molar-refractivity contribution in [3.8, 4) is 0 Å². The molecule has 1 aromatic carbocycles. The van der Waals surface area contributed by atoms with E-state index in [1.165, 1.54) is 25.7 Å². The van der Waals surface area contributed by atoms with E-state index < -0.39 is 11.1 Å². The van der Waals surface area contributed by atoms with Crippen molar-refractivity contribution in [1.29, 1.82) is 0 Å². The van der Waals surface area contributed by atoms with Gasteiger partial charge in [0.25, 0.3) is 5.56 Å². The number of pyridine rings is 1. The van der Waals surface area contributed by atoms with Gasteiger partial charge in [0.1, 0.15) is 0 Å². The molecule has 0 spiro atoms. The predicted octanol–water partition coefficient (Wildman–Crippen LogP) is 4.03. The van der Waals surface area contributed by atoms with Crippen LogP contribution in [0.3, 0.4) is 0 Å². The summed E-state index contributed by atoms with van der Waals surface area (Å²) < 4.78 is 20.0. The van der Waals surface area contributed by atoms with E-state index in [4.69, 9.17) is 4.55 Å². The van der Waals surface area contributed by atoms with Gasteiger partial charge in [0.15, 0.2) is 11.1 Å². The summed E-state index contributed by atoms with van der Waals surface area (Å²) in [6.07, 6.45) is 7.13. The van der Waals surface area contributed by atoms with E-state index in [1.54, 1.807) is 6.92 Å². The van der Waals surface area contributed by atoms with Gasteiger partial charge in [-0.1, -0.05) is 49.2 Å². The van der Waals surface area contributed by atoms with Gasteiger partial charge in [-0.15, -0.1) is 0 Å². The van der Waals surface area contributed by atoms with E-state index in [1.807, 2.05) is 36.4 Å². The first-order chi connectivity index (χ1) is 12.0. The SMILES string of the molecule is Cc1ccc(/C(=C/C2CCCC2)c2ccc(CS(=O)O)cc2)[nH]c1=O. The molecular formula is C20H23NO3S. The topological polar surface area (TPSA) is 70.2 Å². The first-order valence-electron chi connectivity index (χ1n) is 8.62. The molecule has 4 nitrogen and oxygen atoms in total. The fourth-order valence-corrected chi connectivity index (χ4v) is 3.81. The maximum Gasteiger partial charge on any atom is 0.251 e. The molecule has 1 aromatic heterocycles. The summed E-state index contributed by atoms with van der Waals surface area (Å²) in [4.78, 5) is 15.0. The van der Waals surface area contributed by atoms with Crippen LogP contribution in [0.5, 0.6) is 0 Å². The maximum absolute atomic E-state index is 12.0. The highest BCUT2D eigenvalue weighted by atomic mass is 32.2. The number of hydrogen-bond donors (Lipinski definition) is 2. The average Bonchev–Trinajstić information content (AvgIpc) is 3.09. The van der Waals surface area contributed by atoms with Crippen molar-refractivity contribution in [3.63, 3.8) is 0 Å². The number of aromatic amines is 1. The van der Waals surface area contributed by atoms with Gasteiger partial charge in [0.2, 0.25) is 0 Å². The van der Waals surface area contributed by atoms with Crippen molar-refractivity contribution < 1.29 is 8.76 Å². The molecule has 2 aromatic rings. The molecule has 3 rings (SSSR count). The molecule has 25 heavy (non-hydrogen) atoms. The largest absolute Gasteiger partial charge is 0.322 e. The van der Waals surface area contributed by atoms with E-state index >= 15 is 0 Å². The van der Waals surface area contributed by atoms with Crippen molar-refractivity contribution in [3.05, 3.63) is 75.2 Å². The van der Waals surface area contributed by atoms with Gasteiger partial charge in [-0.3, -0.25) is 4.79 Å². The number of aromatic nitrogens is 1. The molecule has 0 radical (unpaired) electrons. The third-order valence-electron chi connectivity index (χ3n) is 4.75. The lowest BCUT2D eigenvalue weighted by Gasteiger charge is -2.12. The number of allylic oxidation sites excluding steroid dienone is 1. The lowest BCUT2D eigenvalue weighted by molar-refractivity contribution is 0.563. The van der Waals surface area contributed by atoms with Crippen molar-refractivity contribution in [2.45, 2.75) is 38.4 Å². The van der Waals surface area contributed by atoms with Gasteiger partial charge in [0, 0.05) is 16.8 Å². The van der Waals surface area contributed by atoms with Crippen LogP contribution in [0.25, 0.3) is 5.57 Å². The van der Waals surface area contributed by atoms with Crippen molar-refractivity contribution >= 4 is 16.7 Å². The quantitative estimate of drug-likeness (QED) is 0.794. The Morgan fingerprint density at radius 2 is 1.88 bits per heavy atom. The van der Waals surface area contributed by atoms with Crippen molar-refractivity contribution in [2.24, 2.45) is 5.92 Å². The number of nitrogens with one attached hydrogen (secondary N) is 1. The molecule has 1 heterocycles. The number of aryl methyl sites for hydroxylation is 1. The van der Waals surface area contributed by atoms with Gasteiger partial charge < -0.3 is 9.54 Å². The van der Waals surface area contributed by atoms with Crippen LogP contribution in [0.2, 0.25) is 0 Å². The van der Waals surface area contributed by atoms with E-state index in [2.05, 4.69) is 11.1 Å². The summed E-state index contributed by atoms with van der Waals surface area (Å²) in [5.74, 6) is 0.660. The average molecular weight is 357 g/mol. The van der Waals surface area contributed by atoms with Crippen LogP contribution < -0.4 is 5.56 Å². The zero-order valence-corrected chi connectivity index (χ0v) is 15.1. The minimum atomic E-state index is -1.84. The zero-order valence-electron chi connectivity index (χ0n) is 14.3. The van der Waals surface area contributed by atoms with E-state index in [-0.39, 0.29) is 11.3 Å². The normalized spacial score (nSPS) is 17.0. The lowest BCUT2D eigenvalue weighted by Crippen LogP contribution is -2.11. The minimum Gasteiger partial charge on any atom is -0.322 e. The van der Waals surface area contributed by atoms with Crippen LogP contribution in [0.15, 0.2) is 47.3 Å². The van der Waals surface area contributed by atoms with Gasteiger partial charge in [-0.25, -0.2) is 4.21 Å². The maximum atomic E-state index is 12.0. The second kappa shape index (κ2) is 7.93. The summed E-state index contributed by atoms with van der Waals surface area (Å²) in [5.41, 5.74) is 4.31. The van der Waals surface area contributed by atoms with Crippen LogP contribution in [0, 0.1) is 12.8 Å². The summed E-state index contributed by atoms with van der Waals surface area (Å²) in [7, 11) is 0. The monoisotopic (exact) mass is 357 g/mol. The van der Waals surface area contributed by atoms with Gasteiger partial charge in [-0.2, -0.15) is 0 Å². The van der Waals surface area contributed by atoms with Crippen LogP contribution in [-0.4, -0.2) is 13.7 Å². The lowest BCUT2D eigenvalue weighted by atomic mass is 9.95. The highest BCUT2D eigenvalue weighted by Gasteiger charge is 2.16. The molecule has 132 valence electrons. The Morgan fingerprint density at radius 3 is 2.48 bits per heavy atom. The summed E-state index contributed by atoms with van der Waals surface area (Å²) in [6.45, 7) is 1.80. The Morgan fingerprint density at radius 1 is 1.20 bits per heavy atom. The van der Waals surface area contributed by atoms with Crippen molar-refractivity contribution in [2.75, 3.05) is 0 Å². The fourth-order valence-electron chi connectivity index (χ4n) is 3.33. The zero-order chi connectivity index (χ0) is 17.8. The Labute approximate surface area is 150 Å². The molecule has 0 saturated heterocycles. The fraction of sp³-hybridized carbons (Fsp3) is 0.350. The van der Waals surface area contributed by atoms with Gasteiger partial charge >= 0.3 is 0 Å². The van der Waals surface area contributed by atoms with Crippen LogP contribution in [0.4, 0.5) is 0 Å². The van der Waals surface area contributed by atoms with Gasteiger partial charge in [-0.05, 0) is 42.9 Å². The Bertz CT molecular complexity index is 846. The molecule has 1 aliphatic carbocycles. The molecule has 1 aliphatic rings. The molecule has 0 amide bonds. The third kappa shape index (κ3) is 4.55. The number of rotatable bonds is 5. The Balaban J connectivity index is 1.99. The summed E-state index contributed by atoms with van der Waals surface area (Å²) in [6, 6.07) is 11.5. The van der Waals surface area contributed by atoms with Crippen LogP contribution in [-0.2, 0) is 16.8 Å². The summed E-state index contributed by atoms with van der Waals surface area (Å²) in [5, 5.41) is 0. The summed E-state index contributed by atoms with van der Waals surface area (Å²) >= 11 is -1.84. The molecule has 0 bridgehead atoms. The minimum absolute atomic E-state index is 0.0675.